The topological polar surface area (TPSA) is 163 Å². The van der Waals surface area contributed by atoms with Gasteiger partial charge < -0.3 is 20.7 Å². The number of ether oxygens (including phenoxy) is 1. The Balaban J connectivity index is 2.14. The third-order valence-corrected chi connectivity index (χ3v) is 7.48. The quantitative estimate of drug-likeness (QED) is 0.360. The molecule has 0 fully saturated rings. The second-order valence-corrected chi connectivity index (χ2v) is 10.7. The monoisotopic (exact) mass is 508 g/mol. The Morgan fingerprint density at radius 3 is 2.49 bits per heavy atom. The van der Waals surface area contributed by atoms with Crippen LogP contribution in [-0.2, 0) is 20.4 Å². The molecule has 0 spiro atoms. The zero-order chi connectivity index (χ0) is 26.3. The number of primary amides is 1. The number of rotatable bonds is 8. The summed E-state index contributed by atoms with van der Waals surface area (Å²) in [7, 11) is -4.52. The number of nitrogens with one attached hydrogen (secondary N) is 2. The molecule has 1 aliphatic rings. The zero-order valence-electron chi connectivity index (χ0n) is 20.0. The van der Waals surface area contributed by atoms with Crippen molar-refractivity contribution in [2.45, 2.75) is 63.5 Å². The maximum Gasteiger partial charge on any atom is 0.295 e. The Labute approximate surface area is 203 Å². The van der Waals surface area contributed by atoms with Crippen LogP contribution in [-0.4, -0.2) is 42.9 Å². The lowest BCUT2D eigenvalue weighted by Gasteiger charge is -2.27. The van der Waals surface area contributed by atoms with Gasteiger partial charge in [-0.2, -0.15) is 4.72 Å². The van der Waals surface area contributed by atoms with Crippen LogP contribution in [0.25, 0.3) is 0 Å². The highest BCUT2D eigenvalue weighted by molar-refractivity contribution is 7.89. The van der Waals surface area contributed by atoms with Crippen LogP contribution in [0.1, 0.15) is 59.3 Å². The van der Waals surface area contributed by atoms with Gasteiger partial charge in [0.05, 0.1) is 16.1 Å². The smallest absolute Gasteiger partial charge is 0.295 e. The number of aryl methyl sites for hydroxylation is 1. The highest BCUT2D eigenvalue weighted by Gasteiger charge is 2.37. The summed E-state index contributed by atoms with van der Waals surface area (Å²) in [5.74, 6) is -2.64. The van der Waals surface area contributed by atoms with E-state index in [1.54, 1.807) is 26.8 Å². The average molecular weight is 509 g/mol. The molecule has 2 aromatic rings. The van der Waals surface area contributed by atoms with E-state index in [1.807, 2.05) is 0 Å². The fourth-order valence-electron chi connectivity index (χ4n) is 3.88. The lowest BCUT2D eigenvalue weighted by molar-refractivity contribution is -0.0359. The van der Waals surface area contributed by atoms with Gasteiger partial charge in [-0.15, -0.1) is 5.10 Å². The number of nitrogens with two attached hydrogens (primary N) is 1. The number of aliphatic hydroxyl groups is 2. The minimum atomic E-state index is -4.52. The van der Waals surface area contributed by atoms with Crippen molar-refractivity contribution >= 4 is 21.8 Å². The molecule has 0 radical (unpaired) electrons. The van der Waals surface area contributed by atoms with E-state index >= 15 is 0 Å². The molecule has 10 nitrogen and oxygen atoms in total. The number of aliphatic hydroxyl groups excluding tert-OH is 1. The van der Waals surface area contributed by atoms with Crippen molar-refractivity contribution in [1.29, 1.82) is 0 Å². The summed E-state index contributed by atoms with van der Waals surface area (Å²) in [4.78, 5) is 11.5. The molecular formula is C23H29FN4O6S. The average Bonchev–Trinajstić information content (AvgIpc) is 3.19. The van der Waals surface area contributed by atoms with Crippen molar-refractivity contribution in [1.82, 2.24) is 10.1 Å². The van der Waals surface area contributed by atoms with Crippen LogP contribution in [0.15, 0.2) is 40.3 Å². The van der Waals surface area contributed by atoms with Gasteiger partial charge in [-0.25, -0.2) is 18.2 Å². The standard InChI is InChI=1S/C23H29FN4O6S/c1-11-6-9-16(24)18(12(11)2)13(3)19(21-26-27-22(30)34-21)28-35(32,33)17-10-14(23(4,5)31)7-8-15(17)20(25)29/h6-10,13,19,22,27-28,30-31H,1-5H3,(H2,25,29)/t13-,19+,22?/m1/s1. The maximum absolute atomic E-state index is 14.9. The van der Waals surface area contributed by atoms with E-state index in [2.05, 4.69) is 15.2 Å². The van der Waals surface area contributed by atoms with E-state index in [4.69, 9.17) is 10.5 Å². The molecule has 3 rings (SSSR count). The molecule has 2 aromatic carbocycles. The van der Waals surface area contributed by atoms with Gasteiger partial charge in [0, 0.05) is 5.92 Å². The highest BCUT2D eigenvalue weighted by atomic mass is 32.2. The van der Waals surface area contributed by atoms with Crippen molar-refractivity contribution in [3.8, 4) is 0 Å². The van der Waals surface area contributed by atoms with Gasteiger partial charge in [0.15, 0.2) is 0 Å². The molecule has 0 bridgehead atoms. The highest BCUT2D eigenvalue weighted by Crippen LogP contribution is 2.31. The normalized spacial score (nSPS) is 17.8. The second kappa shape index (κ2) is 9.53. The van der Waals surface area contributed by atoms with Gasteiger partial charge in [-0.3, -0.25) is 4.79 Å². The van der Waals surface area contributed by atoms with E-state index in [9.17, 15) is 27.8 Å². The van der Waals surface area contributed by atoms with Gasteiger partial charge in [0.2, 0.25) is 21.8 Å². The van der Waals surface area contributed by atoms with E-state index in [0.717, 1.165) is 11.6 Å². The van der Waals surface area contributed by atoms with Crippen LogP contribution in [0, 0.1) is 19.7 Å². The third-order valence-electron chi connectivity index (χ3n) is 6.00. The number of amides is 1. The summed E-state index contributed by atoms with van der Waals surface area (Å²) in [5, 5.41) is 23.9. The van der Waals surface area contributed by atoms with Crippen LogP contribution in [0.2, 0.25) is 0 Å². The van der Waals surface area contributed by atoms with Crippen molar-refractivity contribution in [3.63, 3.8) is 0 Å². The molecule has 0 aliphatic carbocycles. The summed E-state index contributed by atoms with van der Waals surface area (Å²) in [6, 6.07) is 5.36. The van der Waals surface area contributed by atoms with Gasteiger partial charge in [0.25, 0.3) is 6.41 Å². The first kappa shape index (κ1) is 26.5. The first-order valence-corrected chi connectivity index (χ1v) is 12.2. The molecular weight excluding hydrogens is 479 g/mol. The summed E-state index contributed by atoms with van der Waals surface area (Å²) < 4.78 is 49.7. The first-order valence-electron chi connectivity index (χ1n) is 10.8. The number of halogens is 1. The maximum atomic E-state index is 14.9. The minimum absolute atomic E-state index is 0.222. The fraction of sp³-hybridized carbons (Fsp3) is 0.391. The van der Waals surface area contributed by atoms with Crippen LogP contribution < -0.4 is 15.9 Å². The first-order chi connectivity index (χ1) is 16.1. The summed E-state index contributed by atoms with van der Waals surface area (Å²) in [6.45, 7) is 7.99. The summed E-state index contributed by atoms with van der Waals surface area (Å²) in [6.07, 6.45) is -1.52. The number of hydrogen-bond donors (Lipinski definition) is 5. The number of hydrazone groups is 1. The van der Waals surface area contributed by atoms with Crippen molar-refractivity contribution < 1.29 is 32.6 Å². The second-order valence-electron chi connectivity index (χ2n) is 8.97. The molecule has 1 amide bonds. The van der Waals surface area contributed by atoms with Gasteiger partial charge in [-0.05, 0) is 68.1 Å². The predicted octanol–water partition coefficient (Wildman–Crippen LogP) is 1.43. The van der Waals surface area contributed by atoms with Crippen molar-refractivity contribution in [3.05, 3.63) is 64.0 Å². The molecule has 3 atom stereocenters. The van der Waals surface area contributed by atoms with E-state index in [0.29, 0.717) is 5.56 Å². The minimum Gasteiger partial charge on any atom is -0.429 e. The number of carbonyl (C=O) groups excluding carboxylic acids is 1. The molecule has 1 unspecified atom stereocenters. The van der Waals surface area contributed by atoms with Crippen molar-refractivity contribution in [2.75, 3.05) is 0 Å². The van der Waals surface area contributed by atoms with Crippen LogP contribution in [0.4, 0.5) is 4.39 Å². The Morgan fingerprint density at radius 1 is 1.29 bits per heavy atom. The number of sulfonamides is 1. The zero-order valence-corrected chi connectivity index (χ0v) is 20.8. The largest absolute Gasteiger partial charge is 0.429 e. The van der Waals surface area contributed by atoms with Gasteiger partial charge >= 0.3 is 0 Å². The fourth-order valence-corrected chi connectivity index (χ4v) is 5.39. The van der Waals surface area contributed by atoms with E-state index in [1.165, 1.54) is 32.0 Å². The molecule has 35 heavy (non-hydrogen) atoms. The lowest BCUT2D eigenvalue weighted by atomic mass is 9.88. The number of benzene rings is 2. The SMILES string of the molecule is Cc1ccc(F)c([C@@H](C)[C@H](NS(=O)(=O)c2cc(C(C)(C)O)ccc2C(N)=O)C2=NNC(O)O2)c1C. The Morgan fingerprint density at radius 2 is 1.94 bits per heavy atom. The number of carbonyl (C=O) groups is 1. The Hall–Kier alpha value is -3.06. The van der Waals surface area contributed by atoms with Crippen molar-refractivity contribution in [2.24, 2.45) is 10.8 Å². The lowest BCUT2D eigenvalue weighted by Crippen LogP contribution is -2.45. The molecule has 0 aromatic heterocycles. The van der Waals surface area contributed by atoms with Crippen LogP contribution in [0.5, 0.6) is 0 Å². The molecule has 1 heterocycles. The van der Waals surface area contributed by atoms with E-state index < -0.39 is 50.6 Å². The van der Waals surface area contributed by atoms with E-state index in [-0.39, 0.29) is 22.6 Å². The predicted molar refractivity (Wildman–Crippen MR) is 126 cm³/mol. The number of nitrogens with zero attached hydrogens (tertiary/aromatic N) is 1. The summed E-state index contributed by atoms with van der Waals surface area (Å²) >= 11 is 0. The van der Waals surface area contributed by atoms with Crippen LogP contribution >= 0.6 is 0 Å². The molecule has 190 valence electrons. The molecule has 6 N–H and O–H groups in total. The summed E-state index contributed by atoms with van der Waals surface area (Å²) in [5.41, 5.74) is 7.81. The van der Waals surface area contributed by atoms with Crippen LogP contribution in [0.3, 0.4) is 0 Å². The molecule has 12 heteroatoms. The Bertz CT molecular complexity index is 1290. The molecule has 0 saturated carbocycles. The molecule has 1 aliphatic heterocycles. The Kier molecular flexibility index (Phi) is 7.23. The van der Waals surface area contributed by atoms with Gasteiger partial charge in [0.1, 0.15) is 11.9 Å². The third kappa shape index (κ3) is 5.45. The molecule has 0 saturated heterocycles. The number of hydrogen-bond acceptors (Lipinski definition) is 8. The van der Waals surface area contributed by atoms with Gasteiger partial charge in [-0.1, -0.05) is 19.1 Å².